The Morgan fingerprint density at radius 3 is 3.12 bits per heavy atom. The molecule has 1 unspecified atom stereocenters. The molecule has 1 atom stereocenters. The zero-order valence-corrected chi connectivity index (χ0v) is 10.4. The summed E-state index contributed by atoms with van der Waals surface area (Å²) in [6.07, 6.45) is 1.44. The predicted molar refractivity (Wildman–Crippen MR) is 65.6 cm³/mol. The van der Waals surface area contributed by atoms with Gasteiger partial charge in [-0.25, -0.2) is 0 Å². The summed E-state index contributed by atoms with van der Waals surface area (Å²) in [4.78, 5) is 12.0. The first-order chi connectivity index (χ1) is 8.20. The van der Waals surface area contributed by atoms with Crippen LogP contribution in [0.25, 0.3) is 0 Å². The van der Waals surface area contributed by atoms with Crippen LogP contribution in [0.3, 0.4) is 0 Å². The maximum atomic E-state index is 12.0. The molecule has 1 aromatic rings. The summed E-state index contributed by atoms with van der Waals surface area (Å²) in [6, 6.07) is 5.72. The summed E-state index contributed by atoms with van der Waals surface area (Å²) in [7, 11) is 1.66. The van der Waals surface area contributed by atoms with Crippen LogP contribution in [0.4, 0.5) is 0 Å². The van der Waals surface area contributed by atoms with E-state index in [1.807, 2.05) is 25.1 Å². The second-order valence-corrected chi connectivity index (χ2v) is 4.61. The fourth-order valence-corrected chi connectivity index (χ4v) is 2.14. The molecule has 0 N–H and O–H groups in total. The van der Waals surface area contributed by atoms with Gasteiger partial charge in [0.15, 0.2) is 5.78 Å². The topological polar surface area (TPSA) is 35.5 Å². The lowest BCUT2D eigenvalue weighted by atomic mass is 9.98. The summed E-state index contributed by atoms with van der Waals surface area (Å²) in [5.41, 5.74) is 1.94. The highest BCUT2D eigenvalue weighted by Crippen LogP contribution is 2.26. The van der Waals surface area contributed by atoms with Gasteiger partial charge in [-0.05, 0) is 29.7 Å². The largest absolute Gasteiger partial charge is 0.493 e. The lowest BCUT2D eigenvalue weighted by molar-refractivity contribution is 0.0920. The molecule has 0 aliphatic carbocycles. The first-order valence-corrected chi connectivity index (χ1v) is 5.98. The lowest BCUT2D eigenvalue weighted by Crippen LogP contribution is -2.10. The first-order valence-electron chi connectivity index (χ1n) is 5.98. The van der Waals surface area contributed by atoms with Crippen molar-refractivity contribution in [3.8, 4) is 5.75 Å². The van der Waals surface area contributed by atoms with Gasteiger partial charge in [-0.3, -0.25) is 4.79 Å². The molecule has 3 nitrogen and oxygen atoms in total. The van der Waals surface area contributed by atoms with Crippen LogP contribution in [0.1, 0.15) is 29.3 Å². The van der Waals surface area contributed by atoms with Gasteiger partial charge in [0.25, 0.3) is 0 Å². The van der Waals surface area contributed by atoms with Crippen molar-refractivity contribution in [3.63, 3.8) is 0 Å². The van der Waals surface area contributed by atoms with E-state index < -0.39 is 0 Å². The highest BCUT2D eigenvalue weighted by Gasteiger charge is 2.16. The fourth-order valence-electron chi connectivity index (χ4n) is 2.14. The second-order valence-electron chi connectivity index (χ2n) is 4.61. The Labute approximate surface area is 102 Å². The molecule has 1 aliphatic rings. The van der Waals surface area contributed by atoms with Crippen molar-refractivity contribution in [2.75, 3.05) is 20.3 Å². The Kier molecular flexibility index (Phi) is 3.79. The molecule has 17 heavy (non-hydrogen) atoms. The van der Waals surface area contributed by atoms with Crippen LogP contribution in [0.2, 0.25) is 0 Å². The Morgan fingerprint density at radius 2 is 2.35 bits per heavy atom. The number of rotatable bonds is 5. The number of ketones is 1. The van der Waals surface area contributed by atoms with Crippen molar-refractivity contribution in [1.29, 1.82) is 0 Å². The number of fused-ring (bicyclic) bond motifs is 1. The fraction of sp³-hybridized carbons (Fsp3) is 0.500. The summed E-state index contributed by atoms with van der Waals surface area (Å²) >= 11 is 0. The van der Waals surface area contributed by atoms with E-state index in [4.69, 9.17) is 9.47 Å². The second kappa shape index (κ2) is 5.32. The van der Waals surface area contributed by atoms with Gasteiger partial charge in [-0.2, -0.15) is 0 Å². The summed E-state index contributed by atoms with van der Waals surface area (Å²) < 4.78 is 10.5. The van der Waals surface area contributed by atoms with Gasteiger partial charge in [0.05, 0.1) is 6.61 Å². The summed E-state index contributed by atoms with van der Waals surface area (Å²) in [6.45, 7) is 3.38. The molecule has 2 rings (SSSR count). The van der Waals surface area contributed by atoms with E-state index in [9.17, 15) is 4.79 Å². The third-order valence-corrected chi connectivity index (χ3v) is 3.00. The monoisotopic (exact) mass is 234 g/mol. The SMILES string of the molecule is COCC(C)CC(=O)c1ccc2c(c1)CCO2. The molecule has 1 aliphatic heterocycles. The minimum atomic E-state index is 0.184. The number of hydrogen-bond donors (Lipinski definition) is 0. The molecule has 0 bridgehead atoms. The number of carbonyl (C=O) groups is 1. The van der Waals surface area contributed by atoms with E-state index in [1.54, 1.807) is 7.11 Å². The van der Waals surface area contributed by atoms with Gasteiger partial charge in [0.1, 0.15) is 5.75 Å². The van der Waals surface area contributed by atoms with Crippen LogP contribution >= 0.6 is 0 Å². The van der Waals surface area contributed by atoms with Crippen LogP contribution < -0.4 is 4.74 Å². The van der Waals surface area contributed by atoms with Gasteiger partial charge in [-0.15, -0.1) is 0 Å². The number of hydrogen-bond acceptors (Lipinski definition) is 3. The molecule has 0 radical (unpaired) electrons. The van der Waals surface area contributed by atoms with Crippen LogP contribution in [-0.2, 0) is 11.2 Å². The van der Waals surface area contributed by atoms with Crippen molar-refractivity contribution < 1.29 is 14.3 Å². The minimum absolute atomic E-state index is 0.184. The summed E-state index contributed by atoms with van der Waals surface area (Å²) in [5.74, 6) is 1.37. The molecule has 0 amide bonds. The zero-order valence-electron chi connectivity index (χ0n) is 10.4. The zero-order chi connectivity index (χ0) is 12.3. The normalized spacial score (nSPS) is 15.2. The molecule has 0 aromatic heterocycles. The van der Waals surface area contributed by atoms with Crippen molar-refractivity contribution >= 4 is 5.78 Å². The number of ether oxygens (including phenoxy) is 2. The maximum absolute atomic E-state index is 12.0. The van der Waals surface area contributed by atoms with E-state index in [0.29, 0.717) is 13.0 Å². The number of carbonyl (C=O) groups excluding carboxylic acids is 1. The van der Waals surface area contributed by atoms with Gasteiger partial charge < -0.3 is 9.47 Å². The highest BCUT2D eigenvalue weighted by atomic mass is 16.5. The van der Waals surface area contributed by atoms with Crippen LogP contribution in [0.5, 0.6) is 5.75 Å². The van der Waals surface area contributed by atoms with Crippen LogP contribution in [0, 0.1) is 5.92 Å². The van der Waals surface area contributed by atoms with Gasteiger partial charge in [0.2, 0.25) is 0 Å². The standard InChI is InChI=1S/C14H18O3/c1-10(9-16-2)7-13(15)11-3-4-14-12(8-11)5-6-17-14/h3-4,8,10H,5-7,9H2,1-2H3. The molecule has 0 saturated carbocycles. The Morgan fingerprint density at radius 1 is 1.53 bits per heavy atom. The van der Waals surface area contributed by atoms with Crippen molar-refractivity contribution in [1.82, 2.24) is 0 Å². The molecule has 0 spiro atoms. The molecule has 0 saturated heterocycles. The van der Waals surface area contributed by atoms with Crippen molar-refractivity contribution in [3.05, 3.63) is 29.3 Å². The molecular formula is C14H18O3. The lowest BCUT2D eigenvalue weighted by Gasteiger charge is -2.09. The minimum Gasteiger partial charge on any atom is -0.493 e. The number of Topliss-reactive ketones (excluding diaryl/α,β-unsaturated/α-hetero) is 1. The van der Waals surface area contributed by atoms with Gasteiger partial charge >= 0.3 is 0 Å². The van der Waals surface area contributed by atoms with Crippen molar-refractivity contribution in [2.24, 2.45) is 5.92 Å². The molecule has 92 valence electrons. The molecule has 1 aromatic carbocycles. The van der Waals surface area contributed by atoms with E-state index in [0.717, 1.165) is 29.9 Å². The van der Waals surface area contributed by atoms with Crippen LogP contribution in [0.15, 0.2) is 18.2 Å². The van der Waals surface area contributed by atoms with E-state index >= 15 is 0 Å². The highest BCUT2D eigenvalue weighted by molar-refractivity contribution is 5.96. The van der Waals surface area contributed by atoms with E-state index in [-0.39, 0.29) is 11.7 Å². The van der Waals surface area contributed by atoms with Crippen molar-refractivity contribution in [2.45, 2.75) is 19.8 Å². The Bertz CT molecular complexity index is 412. The average Bonchev–Trinajstić information content (AvgIpc) is 2.75. The maximum Gasteiger partial charge on any atom is 0.163 e. The van der Waals surface area contributed by atoms with E-state index in [2.05, 4.69) is 0 Å². The van der Waals surface area contributed by atoms with Crippen LogP contribution in [-0.4, -0.2) is 26.1 Å². The Hall–Kier alpha value is -1.35. The Balaban J connectivity index is 2.04. The number of benzene rings is 1. The smallest absolute Gasteiger partial charge is 0.163 e. The van der Waals surface area contributed by atoms with Gasteiger partial charge in [0, 0.05) is 32.1 Å². The van der Waals surface area contributed by atoms with E-state index in [1.165, 1.54) is 0 Å². The average molecular weight is 234 g/mol. The molecule has 3 heteroatoms. The predicted octanol–water partition coefficient (Wildman–Crippen LogP) is 2.48. The first kappa shape index (κ1) is 12.1. The molecule has 0 fully saturated rings. The number of methoxy groups -OCH3 is 1. The molecule has 1 heterocycles. The third-order valence-electron chi connectivity index (χ3n) is 3.00. The quantitative estimate of drug-likeness (QED) is 0.734. The molecular weight excluding hydrogens is 216 g/mol. The summed E-state index contributed by atoms with van der Waals surface area (Å²) in [5, 5.41) is 0. The van der Waals surface area contributed by atoms with Gasteiger partial charge in [-0.1, -0.05) is 6.92 Å². The third kappa shape index (κ3) is 2.86.